The average Bonchev–Trinajstić information content (AvgIpc) is 2.66. The molecule has 2 fully saturated rings. The monoisotopic (exact) mass is 456 g/mol. The van der Waals surface area contributed by atoms with Gasteiger partial charge in [0.1, 0.15) is 0 Å². The van der Waals surface area contributed by atoms with E-state index in [0.29, 0.717) is 22.7 Å². The summed E-state index contributed by atoms with van der Waals surface area (Å²) in [5.74, 6) is 1.30. The molecule has 4 nitrogen and oxygen atoms in total. The molecular weight excluding hydrogens is 400 g/mol. The number of hydrogen-bond acceptors (Lipinski definition) is 4. The topological polar surface area (TPSA) is 58.9 Å². The Morgan fingerprint density at radius 2 is 1.03 bits per heavy atom. The van der Waals surface area contributed by atoms with Gasteiger partial charge in [-0.1, -0.05) is 40.5 Å². The summed E-state index contributed by atoms with van der Waals surface area (Å²) in [6, 6.07) is 0. The van der Waals surface area contributed by atoms with Crippen LogP contribution in [0.5, 0.6) is 0 Å². The van der Waals surface area contributed by atoms with E-state index in [2.05, 4.69) is 41.5 Å². The van der Waals surface area contributed by atoms with Crippen molar-refractivity contribution in [2.45, 2.75) is 144 Å². The van der Waals surface area contributed by atoms with Gasteiger partial charge in [-0.2, -0.15) is 0 Å². The largest absolute Gasteiger partial charge is 0.393 e. The van der Waals surface area contributed by atoms with E-state index in [-0.39, 0.29) is 25.4 Å². The van der Waals surface area contributed by atoms with Crippen LogP contribution in [0.25, 0.3) is 0 Å². The maximum atomic E-state index is 9.22. The highest BCUT2D eigenvalue weighted by molar-refractivity contribution is 4.84. The molecule has 0 aromatic carbocycles. The molecule has 2 N–H and O–H groups in total. The van der Waals surface area contributed by atoms with Crippen LogP contribution in [0.4, 0.5) is 0 Å². The molecule has 4 atom stereocenters. The molecule has 32 heavy (non-hydrogen) atoms. The zero-order valence-corrected chi connectivity index (χ0v) is 23.1. The molecule has 0 unspecified atom stereocenters. The third-order valence-electron chi connectivity index (χ3n) is 7.59. The van der Waals surface area contributed by atoms with Crippen molar-refractivity contribution in [1.82, 2.24) is 0 Å². The van der Waals surface area contributed by atoms with Crippen LogP contribution in [0.15, 0.2) is 0 Å². The van der Waals surface area contributed by atoms with Crippen molar-refractivity contribution in [3.8, 4) is 0 Å². The molecule has 2 aliphatic carbocycles. The molecule has 2 aliphatic rings. The molecule has 0 saturated heterocycles. The number of aliphatic hydroxyl groups excluding tert-OH is 2. The third-order valence-corrected chi connectivity index (χ3v) is 7.59. The zero-order valence-electron chi connectivity index (χ0n) is 23.1. The summed E-state index contributed by atoms with van der Waals surface area (Å²) < 4.78 is 11.9. The molecule has 2 rings (SSSR count). The van der Waals surface area contributed by atoms with Crippen LogP contribution in [0.2, 0.25) is 0 Å². The second-order valence-corrected chi connectivity index (χ2v) is 13.5. The Morgan fingerprint density at radius 3 is 1.28 bits per heavy atom. The van der Waals surface area contributed by atoms with Gasteiger partial charge < -0.3 is 19.7 Å². The summed E-state index contributed by atoms with van der Waals surface area (Å²) in [5, 5.41) is 18.4. The molecule has 0 bridgehead atoms. The van der Waals surface area contributed by atoms with Gasteiger partial charge in [0.15, 0.2) is 0 Å². The van der Waals surface area contributed by atoms with Crippen LogP contribution in [0.3, 0.4) is 0 Å². The molecule has 0 spiro atoms. The van der Waals surface area contributed by atoms with Crippen molar-refractivity contribution >= 4 is 0 Å². The maximum Gasteiger partial charge on any atom is 0.0859 e. The van der Waals surface area contributed by atoms with Crippen LogP contribution in [0.1, 0.15) is 121 Å². The zero-order chi connectivity index (χ0) is 24.8. The summed E-state index contributed by atoms with van der Waals surface area (Å²) in [7, 11) is 0. The molecule has 0 heterocycles. The van der Waals surface area contributed by atoms with Crippen molar-refractivity contribution < 1.29 is 19.7 Å². The Kier molecular flexibility index (Phi) is 11.2. The Hall–Kier alpha value is -0.160. The molecule has 0 aromatic rings. The average molecular weight is 457 g/mol. The van der Waals surface area contributed by atoms with Gasteiger partial charge in [0, 0.05) is 0 Å². The van der Waals surface area contributed by atoms with E-state index < -0.39 is 11.2 Å². The Bertz CT molecular complexity index is 490. The summed E-state index contributed by atoms with van der Waals surface area (Å²) in [5.41, 5.74) is 0.121. The molecule has 192 valence electrons. The number of hydrogen-bond donors (Lipinski definition) is 2. The fourth-order valence-corrected chi connectivity index (χ4v) is 5.59. The molecule has 0 radical (unpaired) electrons. The lowest BCUT2D eigenvalue weighted by molar-refractivity contribution is -0.120. The van der Waals surface area contributed by atoms with Crippen LogP contribution in [-0.4, -0.2) is 46.8 Å². The quantitative estimate of drug-likeness (QED) is 0.424. The van der Waals surface area contributed by atoms with Gasteiger partial charge >= 0.3 is 0 Å². The second-order valence-electron chi connectivity index (χ2n) is 13.5. The van der Waals surface area contributed by atoms with E-state index in [1.807, 2.05) is 27.7 Å². The standard InChI is InChI=1S/2C14H28O2/c2*1-11(16-14(4,5)10-15)12-7-6-8-13(2,3)9-12/h2*11-12,15H,6-10H2,1-5H3/t11-,12+;11-,12-/m10/s1. The highest BCUT2D eigenvalue weighted by Gasteiger charge is 2.34. The first-order chi connectivity index (χ1) is 14.5. The summed E-state index contributed by atoms with van der Waals surface area (Å²) >= 11 is 0. The summed E-state index contributed by atoms with van der Waals surface area (Å²) in [4.78, 5) is 0. The van der Waals surface area contributed by atoms with E-state index in [4.69, 9.17) is 9.47 Å². The Balaban J connectivity index is 0.000000320. The molecule has 2 saturated carbocycles. The second kappa shape index (κ2) is 12.0. The van der Waals surface area contributed by atoms with Crippen molar-refractivity contribution in [3.05, 3.63) is 0 Å². The van der Waals surface area contributed by atoms with Crippen molar-refractivity contribution in [2.24, 2.45) is 22.7 Å². The lowest BCUT2D eigenvalue weighted by atomic mass is 9.70. The van der Waals surface area contributed by atoms with Gasteiger partial charge in [-0.25, -0.2) is 0 Å². The Morgan fingerprint density at radius 1 is 0.719 bits per heavy atom. The van der Waals surface area contributed by atoms with E-state index >= 15 is 0 Å². The van der Waals surface area contributed by atoms with Gasteiger partial charge in [-0.15, -0.1) is 0 Å². The first-order valence-corrected chi connectivity index (χ1v) is 13.1. The van der Waals surface area contributed by atoms with Gasteiger partial charge in [0.25, 0.3) is 0 Å². The predicted octanol–water partition coefficient (Wildman–Crippen LogP) is 6.76. The van der Waals surface area contributed by atoms with E-state index in [9.17, 15) is 10.2 Å². The van der Waals surface area contributed by atoms with E-state index in [0.717, 1.165) is 0 Å². The summed E-state index contributed by atoms with van der Waals surface area (Å²) in [6.07, 6.45) is 10.8. The van der Waals surface area contributed by atoms with Crippen LogP contribution >= 0.6 is 0 Å². The predicted molar refractivity (Wildman–Crippen MR) is 135 cm³/mol. The van der Waals surface area contributed by atoms with E-state index in [1.165, 1.54) is 51.4 Å². The minimum Gasteiger partial charge on any atom is -0.393 e. The number of aliphatic hydroxyl groups is 2. The van der Waals surface area contributed by atoms with Crippen LogP contribution in [0, 0.1) is 22.7 Å². The summed E-state index contributed by atoms with van der Waals surface area (Å²) in [6.45, 7) is 21.7. The fourth-order valence-electron chi connectivity index (χ4n) is 5.59. The van der Waals surface area contributed by atoms with Gasteiger partial charge in [-0.05, 0) is 103 Å². The number of ether oxygens (including phenoxy) is 2. The fraction of sp³-hybridized carbons (Fsp3) is 1.00. The Labute approximate surface area is 199 Å². The highest BCUT2D eigenvalue weighted by Crippen LogP contribution is 2.42. The first-order valence-electron chi connectivity index (χ1n) is 13.1. The molecule has 0 amide bonds. The van der Waals surface area contributed by atoms with Gasteiger partial charge in [-0.3, -0.25) is 0 Å². The minimum absolute atomic E-state index is 0.0907. The lowest BCUT2D eigenvalue weighted by Gasteiger charge is -2.40. The van der Waals surface area contributed by atoms with Gasteiger partial charge in [0.2, 0.25) is 0 Å². The highest BCUT2D eigenvalue weighted by atomic mass is 16.5. The number of rotatable bonds is 8. The SMILES string of the molecule is C[C@@H](OC(C)(C)CO)[C@H]1CCCC(C)(C)C1.C[C@H](OC(C)(C)CO)[C@H]1CCCC(C)(C)C1. The lowest BCUT2D eigenvalue weighted by Crippen LogP contribution is -2.38. The molecule has 0 aliphatic heterocycles. The molecule has 4 heteroatoms. The van der Waals surface area contributed by atoms with Crippen molar-refractivity contribution in [2.75, 3.05) is 13.2 Å². The van der Waals surface area contributed by atoms with E-state index in [1.54, 1.807) is 0 Å². The first kappa shape index (κ1) is 29.9. The molecular formula is C28H56O4. The minimum atomic E-state index is -0.402. The molecule has 0 aromatic heterocycles. The van der Waals surface area contributed by atoms with Crippen LogP contribution in [-0.2, 0) is 9.47 Å². The third kappa shape index (κ3) is 10.8. The normalized spacial score (nSPS) is 27.8. The van der Waals surface area contributed by atoms with Crippen LogP contribution < -0.4 is 0 Å². The maximum absolute atomic E-state index is 9.22. The smallest absolute Gasteiger partial charge is 0.0859 e. The van der Waals surface area contributed by atoms with Gasteiger partial charge in [0.05, 0.1) is 36.6 Å². The van der Waals surface area contributed by atoms with Crippen molar-refractivity contribution in [1.29, 1.82) is 0 Å². The van der Waals surface area contributed by atoms with Crippen molar-refractivity contribution in [3.63, 3.8) is 0 Å².